The van der Waals surface area contributed by atoms with Gasteiger partial charge in [-0.05, 0) is 13.0 Å². The van der Waals surface area contributed by atoms with Crippen LogP contribution in [0.25, 0.3) is 0 Å². The molecule has 0 aliphatic rings. The van der Waals surface area contributed by atoms with Gasteiger partial charge in [0.25, 0.3) is 0 Å². The molecule has 0 heterocycles. The minimum Gasteiger partial charge on any atom is -0.313 e. The molecule has 0 aliphatic heterocycles. The van der Waals surface area contributed by atoms with Crippen LogP contribution in [-0.2, 0) is 0 Å². The van der Waals surface area contributed by atoms with Crippen molar-refractivity contribution in [3.63, 3.8) is 0 Å². The maximum Gasteiger partial charge on any atom is 0.0132 e. The topological polar surface area (TPSA) is 12.0 Å². The van der Waals surface area contributed by atoms with Crippen molar-refractivity contribution in [1.29, 1.82) is 0 Å². The molecular formula is C9H19N. The van der Waals surface area contributed by atoms with Crippen molar-refractivity contribution in [2.45, 2.75) is 32.6 Å². The lowest BCUT2D eigenvalue weighted by atomic mass is 10.2. The Bertz CT molecular complexity index is 69.1. The van der Waals surface area contributed by atoms with Gasteiger partial charge in [0, 0.05) is 6.54 Å². The van der Waals surface area contributed by atoms with Crippen molar-refractivity contribution < 1.29 is 0 Å². The Kier molecular flexibility index (Phi) is 8.44. The predicted octanol–water partition coefficient (Wildman–Crippen LogP) is 2.34. The maximum absolute atomic E-state index is 3.63. The van der Waals surface area contributed by atoms with Crippen LogP contribution in [0.2, 0.25) is 0 Å². The zero-order chi connectivity index (χ0) is 7.66. The van der Waals surface area contributed by atoms with Crippen molar-refractivity contribution in [3.05, 3.63) is 12.7 Å². The summed E-state index contributed by atoms with van der Waals surface area (Å²) in [6.07, 6.45) is 7.26. The standard InChI is InChI=1S/C9H19N/c1-3-5-6-7-9-10-8-4-2/h4,10H,2-3,5-9H2,1H3. The average molecular weight is 141 g/mol. The molecule has 0 atom stereocenters. The van der Waals surface area contributed by atoms with Gasteiger partial charge in [-0.15, -0.1) is 6.58 Å². The van der Waals surface area contributed by atoms with Gasteiger partial charge in [-0.2, -0.15) is 0 Å². The van der Waals surface area contributed by atoms with Crippen LogP contribution in [-0.4, -0.2) is 13.1 Å². The lowest BCUT2D eigenvalue weighted by molar-refractivity contribution is 0.620. The number of hydrogen-bond acceptors (Lipinski definition) is 1. The molecule has 60 valence electrons. The van der Waals surface area contributed by atoms with Crippen LogP contribution in [0.5, 0.6) is 0 Å². The minimum absolute atomic E-state index is 0.951. The summed E-state index contributed by atoms with van der Waals surface area (Å²) in [6.45, 7) is 7.96. The number of rotatable bonds is 7. The van der Waals surface area contributed by atoms with E-state index in [-0.39, 0.29) is 0 Å². The van der Waals surface area contributed by atoms with Gasteiger partial charge in [-0.3, -0.25) is 0 Å². The lowest BCUT2D eigenvalue weighted by Crippen LogP contribution is -2.14. The van der Waals surface area contributed by atoms with E-state index in [1.54, 1.807) is 0 Å². The summed E-state index contributed by atoms with van der Waals surface area (Å²) < 4.78 is 0. The molecular weight excluding hydrogens is 122 g/mol. The Labute approximate surface area is 64.5 Å². The van der Waals surface area contributed by atoms with Crippen LogP contribution < -0.4 is 5.32 Å². The molecule has 0 fully saturated rings. The van der Waals surface area contributed by atoms with Crippen molar-refractivity contribution in [3.8, 4) is 0 Å². The van der Waals surface area contributed by atoms with E-state index in [4.69, 9.17) is 0 Å². The van der Waals surface area contributed by atoms with Gasteiger partial charge in [-0.1, -0.05) is 32.3 Å². The smallest absolute Gasteiger partial charge is 0.0132 e. The third-order valence-electron chi connectivity index (χ3n) is 1.50. The molecule has 0 saturated carbocycles. The van der Waals surface area contributed by atoms with Gasteiger partial charge in [0.05, 0.1) is 0 Å². The van der Waals surface area contributed by atoms with Crippen LogP contribution in [0.4, 0.5) is 0 Å². The quantitative estimate of drug-likeness (QED) is 0.424. The fourth-order valence-electron chi connectivity index (χ4n) is 0.881. The van der Waals surface area contributed by atoms with Gasteiger partial charge in [0.1, 0.15) is 0 Å². The Balaban J connectivity index is 2.70. The van der Waals surface area contributed by atoms with E-state index in [0.29, 0.717) is 0 Å². The summed E-state index contributed by atoms with van der Waals surface area (Å²) in [4.78, 5) is 0. The molecule has 0 spiro atoms. The molecule has 0 bridgehead atoms. The number of nitrogens with one attached hydrogen (secondary N) is 1. The molecule has 10 heavy (non-hydrogen) atoms. The first-order valence-electron chi connectivity index (χ1n) is 4.23. The lowest BCUT2D eigenvalue weighted by Gasteiger charge is -1.99. The molecule has 0 rings (SSSR count). The first-order chi connectivity index (χ1) is 4.91. The highest BCUT2D eigenvalue weighted by Gasteiger charge is 1.85. The first-order valence-corrected chi connectivity index (χ1v) is 4.23. The largest absolute Gasteiger partial charge is 0.313 e. The molecule has 0 radical (unpaired) electrons. The number of hydrogen-bond donors (Lipinski definition) is 1. The average Bonchev–Trinajstić information content (AvgIpc) is 1.97. The van der Waals surface area contributed by atoms with Crippen molar-refractivity contribution in [2.75, 3.05) is 13.1 Å². The van der Waals surface area contributed by atoms with Gasteiger partial charge >= 0.3 is 0 Å². The minimum atomic E-state index is 0.951. The van der Waals surface area contributed by atoms with E-state index in [2.05, 4.69) is 18.8 Å². The molecule has 1 N–H and O–H groups in total. The second-order valence-corrected chi connectivity index (χ2v) is 2.55. The zero-order valence-electron chi connectivity index (χ0n) is 7.03. The highest BCUT2D eigenvalue weighted by Crippen LogP contribution is 1.96. The van der Waals surface area contributed by atoms with Crippen LogP contribution in [0.1, 0.15) is 32.6 Å². The second kappa shape index (κ2) is 8.70. The van der Waals surface area contributed by atoms with E-state index >= 15 is 0 Å². The summed E-state index contributed by atoms with van der Waals surface area (Å²) >= 11 is 0. The predicted molar refractivity (Wildman–Crippen MR) is 47.2 cm³/mol. The molecule has 0 aromatic heterocycles. The van der Waals surface area contributed by atoms with E-state index < -0.39 is 0 Å². The molecule has 1 nitrogen and oxygen atoms in total. The fourth-order valence-corrected chi connectivity index (χ4v) is 0.881. The summed E-state index contributed by atoms with van der Waals surface area (Å²) in [5.74, 6) is 0. The summed E-state index contributed by atoms with van der Waals surface area (Å²) in [5.41, 5.74) is 0. The Hall–Kier alpha value is -0.300. The van der Waals surface area contributed by atoms with Gasteiger partial charge < -0.3 is 5.32 Å². The summed E-state index contributed by atoms with van der Waals surface area (Å²) in [5, 5.41) is 3.28. The van der Waals surface area contributed by atoms with Crippen LogP contribution in [0.3, 0.4) is 0 Å². The Morgan fingerprint density at radius 2 is 2.10 bits per heavy atom. The molecule has 1 heteroatoms. The molecule has 0 aromatic rings. The van der Waals surface area contributed by atoms with Gasteiger partial charge in [0.15, 0.2) is 0 Å². The number of unbranched alkanes of at least 4 members (excludes halogenated alkanes) is 3. The van der Waals surface area contributed by atoms with Crippen molar-refractivity contribution in [1.82, 2.24) is 5.32 Å². The molecule has 0 amide bonds. The monoisotopic (exact) mass is 141 g/mol. The van der Waals surface area contributed by atoms with Crippen LogP contribution >= 0.6 is 0 Å². The highest BCUT2D eigenvalue weighted by atomic mass is 14.8. The van der Waals surface area contributed by atoms with E-state index in [9.17, 15) is 0 Å². The molecule has 0 unspecified atom stereocenters. The van der Waals surface area contributed by atoms with Gasteiger partial charge in [-0.25, -0.2) is 0 Å². The highest BCUT2D eigenvalue weighted by molar-refractivity contribution is 4.68. The van der Waals surface area contributed by atoms with Crippen LogP contribution in [0.15, 0.2) is 12.7 Å². The molecule has 0 saturated heterocycles. The van der Waals surface area contributed by atoms with E-state index in [1.807, 2.05) is 6.08 Å². The fraction of sp³-hybridized carbons (Fsp3) is 0.778. The van der Waals surface area contributed by atoms with E-state index in [1.165, 1.54) is 25.7 Å². The SMILES string of the molecule is C=CCNCCCCCC. The summed E-state index contributed by atoms with van der Waals surface area (Å²) in [6, 6.07) is 0. The second-order valence-electron chi connectivity index (χ2n) is 2.55. The first kappa shape index (κ1) is 9.70. The normalized spacial score (nSPS) is 9.70. The Morgan fingerprint density at radius 1 is 1.30 bits per heavy atom. The third-order valence-corrected chi connectivity index (χ3v) is 1.50. The van der Waals surface area contributed by atoms with E-state index in [0.717, 1.165) is 13.1 Å². The summed E-state index contributed by atoms with van der Waals surface area (Å²) in [7, 11) is 0. The molecule has 0 aromatic carbocycles. The van der Waals surface area contributed by atoms with Crippen LogP contribution in [0, 0.1) is 0 Å². The molecule has 0 aliphatic carbocycles. The van der Waals surface area contributed by atoms with Gasteiger partial charge in [0.2, 0.25) is 0 Å². The van der Waals surface area contributed by atoms with Crippen molar-refractivity contribution >= 4 is 0 Å². The maximum atomic E-state index is 3.63. The Morgan fingerprint density at radius 3 is 2.70 bits per heavy atom. The third kappa shape index (κ3) is 7.70. The van der Waals surface area contributed by atoms with Crippen molar-refractivity contribution in [2.24, 2.45) is 0 Å². The zero-order valence-corrected chi connectivity index (χ0v) is 7.03.